The number of aryl methyl sites for hydroxylation is 2. The Morgan fingerprint density at radius 3 is 2.59 bits per heavy atom. The molecule has 2 heterocycles. The Kier molecular flexibility index (Phi) is 5.73. The van der Waals surface area contributed by atoms with Gasteiger partial charge in [-0.25, -0.2) is 8.42 Å². The number of fused-ring (bicyclic) bond motifs is 2. The summed E-state index contributed by atoms with van der Waals surface area (Å²) in [5.41, 5.74) is 3.15. The van der Waals surface area contributed by atoms with Gasteiger partial charge in [0.15, 0.2) is 0 Å². The lowest BCUT2D eigenvalue weighted by Crippen LogP contribution is -2.51. The molecule has 0 radical (unpaired) electrons. The van der Waals surface area contributed by atoms with Crippen molar-refractivity contribution in [3.05, 3.63) is 53.6 Å². The van der Waals surface area contributed by atoms with E-state index in [1.54, 1.807) is 11.0 Å². The van der Waals surface area contributed by atoms with Gasteiger partial charge in [-0.2, -0.15) is 4.31 Å². The molecule has 32 heavy (non-hydrogen) atoms. The molecule has 0 unspecified atom stereocenters. The molecule has 0 saturated carbocycles. The zero-order valence-corrected chi connectivity index (χ0v) is 19.3. The number of para-hydroxylation sites is 1. The molecule has 2 aromatic carbocycles. The molecule has 168 valence electrons. The molecule has 7 nitrogen and oxygen atoms in total. The lowest BCUT2D eigenvalue weighted by Gasteiger charge is -2.35. The highest BCUT2D eigenvalue weighted by Crippen LogP contribution is 2.37. The van der Waals surface area contributed by atoms with Gasteiger partial charge >= 0.3 is 0 Å². The average molecular weight is 472 g/mol. The Bertz CT molecular complexity index is 1170. The van der Waals surface area contributed by atoms with Crippen LogP contribution in [0.3, 0.4) is 0 Å². The Morgan fingerprint density at radius 1 is 1.03 bits per heavy atom. The van der Waals surface area contributed by atoms with Crippen LogP contribution in [0.4, 0.5) is 5.69 Å². The fourth-order valence-electron chi connectivity index (χ4n) is 4.55. The van der Waals surface area contributed by atoms with Crippen molar-refractivity contribution in [3.8, 4) is 0 Å². The van der Waals surface area contributed by atoms with E-state index in [4.69, 9.17) is 0 Å². The van der Waals surface area contributed by atoms with Crippen molar-refractivity contribution in [2.45, 2.75) is 40.7 Å². The normalized spacial score (nSPS) is 21.1. The summed E-state index contributed by atoms with van der Waals surface area (Å²) in [5, 5.41) is 2.38. The molecule has 9 heteroatoms. The summed E-state index contributed by atoms with van der Waals surface area (Å²) in [6.45, 7) is 1.19. The lowest BCUT2D eigenvalue weighted by atomic mass is 10.1. The third-order valence-corrected chi connectivity index (χ3v) is 9.54. The van der Waals surface area contributed by atoms with Crippen molar-refractivity contribution in [1.82, 2.24) is 9.21 Å². The summed E-state index contributed by atoms with van der Waals surface area (Å²) in [5.74, 6) is -0.286. The van der Waals surface area contributed by atoms with Gasteiger partial charge in [0.25, 0.3) is 0 Å². The Labute approximate surface area is 192 Å². The number of sulfonamides is 1. The number of nitrogens with one attached hydrogen (secondary N) is 1. The van der Waals surface area contributed by atoms with E-state index >= 15 is 0 Å². The van der Waals surface area contributed by atoms with Gasteiger partial charge in [-0.05, 0) is 54.7 Å². The van der Waals surface area contributed by atoms with E-state index in [1.165, 1.54) is 21.6 Å². The monoisotopic (exact) mass is 471 g/mol. The van der Waals surface area contributed by atoms with Crippen molar-refractivity contribution in [3.63, 3.8) is 0 Å². The second kappa shape index (κ2) is 8.53. The van der Waals surface area contributed by atoms with Crippen LogP contribution in [0.1, 0.15) is 24.0 Å². The van der Waals surface area contributed by atoms with E-state index < -0.39 is 15.3 Å². The SMILES string of the molecule is O=C1Nc2ccccc2S[C@H]1CC(=O)N1CCN(S(=O)(=O)c2ccc3c(c2)CCC3)CC1. The molecule has 1 fully saturated rings. The molecular weight excluding hydrogens is 446 g/mol. The summed E-state index contributed by atoms with van der Waals surface area (Å²) in [4.78, 5) is 28.2. The first kappa shape index (κ1) is 21.5. The van der Waals surface area contributed by atoms with Gasteiger partial charge in [-0.1, -0.05) is 18.2 Å². The maximum Gasteiger partial charge on any atom is 0.243 e. The number of anilines is 1. The van der Waals surface area contributed by atoms with Crippen molar-refractivity contribution in [2.75, 3.05) is 31.5 Å². The third-order valence-electron chi connectivity index (χ3n) is 6.37. The summed E-state index contributed by atoms with van der Waals surface area (Å²) in [6.07, 6.45) is 3.11. The highest BCUT2D eigenvalue weighted by molar-refractivity contribution is 8.01. The maximum atomic E-state index is 13.1. The fraction of sp³-hybridized carbons (Fsp3) is 0.391. The average Bonchev–Trinajstić information content (AvgIpc) is 3.27. The second-order valence-corrected chi connectivity index (χ2v) is 11.5. The molecule has 1 aliphatic carbocycles. The van der Waals surface area contributed by atoms with Gasteiger partial charge in [-0.15, -0.1) is 11.8 Å². The standard InChI is InChI=1S/C23H25N3O4S2/c27-22(15-21-23(28)24-19-6-1-2-7-20(19)31-21)25-10-12-26(13-11-25)32(29,30)18-9-8-16-4-3-5-17(16)14-18/h1-2,6-9,14,21H,3-5,10-13,15H2,(H,24,28)/t21-/m0/s1. The van der Waals surface area contributed by atoms with Crippen LogP contribution >= 0.6 is 11.8 Å². The first-order chi connectivity index (χ1) is 15.4. The molecule has 2 amide bonds. The summed E-state index contributed by atoms with van der Waals surface area (Å²) < 4.78 is 27.7. The number of piperazine rings is 1. The number of carbonyl (C=O) groups is 2. The summed E-state index contributed by atoms with van der Waals surface area (Å²) >= 11 is 1.40. The maximum absolute atomic E-state index is 13.1. The van der Waals surface area contributed by atoms with Crippen LogP contribution in [0.5, 0.6) is 0 Å². The van der Waals surface area contributed by atoms with Gasteiger partial charge in [0.05, 0.1) is 15.8 Å². The number of nitrogens with zero attached hydrogens (tertiary/aromatic N) is 2. The minimum Gasteiger partial charge on any atom is -0.340 e. The van der Waals surface area contributed by atoms with Crippen molar-refractivity contribution >= 4 is 39.3 Å². The van der Waals surface area contributed by atoms with Crippen LogP contribution in [0.2, 0.25) is 0 Å². The molecule has 3 aliphatic rings. The van der Waals surface area contributed by atoms with Gasteiger partial charge < -0.3 is 10.2 Å². The molecule has 2 aliphatic heterocycles. The number of amides is 2. The molecule has 1 saturated heterocycles. The van der Waals surface area contributed by atoms with Crippen LogP contribution in [0, 0.1) is 0 Å². The number of rotatable bonds is 4. The zero-order valence-electron chi connectivity index (χ0n) is 17.6. The van der Waals surface area contributed by atoms with Crippen LogP contribution in [-0.2, 0) is 32.5 Å². The van der Waals surface area contributed by atoms with Gasteiger partial charge in [0.2, 0.25) is 21.8 Å². The van der Waals surface area contributed by atoms with E-state index in [0.717, 1.165) is 35.4 Å². The van der Waals surface area contributed by atoms with Gasteiger partial charge in [0, 0.05) is 37.5 Å². The van der Waals surface area contributed by atoms with E-state index in [9.17, 15) is 18.0 Å². The van der Waals surface area contributed by atoms with Crippen molar-refractivity contribution in [2.24, 2.45) is 0 Å². The number of hydrogen-bond acceptors (Lipinski definition) is 5. The quantitative estimate of drug-likeness (QED) is 0.741. The van der Waals surface area contributed by atoms with Crippen LogP contribution in [0.15, 0.2) is 52.3 Å². The first-order valence-corrected chi connectivity index (χ1v) is 13.2. The molecule has 2 aromatic rings. The summed E-state index contributed by atoms with van der Waals surface area (Å²) in [7, 11) is -3.58. The molecule has 1 N–H and O–H groups in total. The number of carbonyl (C=O) groups excluding carboxylic acids is 2. The fourth-order valence-corrected chi connectivity index (χ4v) is 7.13. The van der Waals surface area contributed by atoms with Crippen molar-refractivity contribution < 1.29 is 18.0 Å². The topological polar surface area (TPSA) is 86.8 Å². The molecule has 0 aromatic heterocycles. The molecule has 0 bridgehead atoms. The minimum absolute atomic E-state index is 0.0996. The Morgan fingerprint density at radius 2 is 1.78 bits per heavy atom. The minimum atomic E-state index is -3.58. The van der Waals surface area contributed by atoms with E-state index in [-0.39, 0.29) is 31.3 Å². The molecular formula is C23H25N3O4S2. The van der Waals surface area contributed by atoms with Crippen LogP contribution in [0.25, 0.3) is 0 Å². The summed E-state index contributed by atoms with van der Waals surface area (Å²) in [6, 6.07) is 13.0. The number of hydrogen-bond donors (Lipinski definition) is 1. The largest absolute Gasteiger partial charge is 0.340 e. The number of thioether (sulfide) groups is 1. The smallest absolute Gasteiger partial charge is 0.243 e. The van der Waals surface area contributed by atoms with Crippen LogP contribution in [-0.4, -0.2) is 60.9 Å². The number of benzene rings is 2. The Balaban J connectivity index is 1.20. The predicted octanol–water partition coefficient (Wildman–Crippen LogP) is 2.51. The highest BCUT2D eigenvalue weighted by Gasteiger charge is 2.34. The second-order valence-electron chi connectivity index (χ2n) is 8.36. The Hall–Kier alpha value is -2.36. The van der Waals surface area contributed by atoms with E-state index in [2.05, 4.69) is 5.32 Å². The van der Waals surface area contributed by atoms with Gasteiger partial charge in [-0.3, -0.25) is 9.59 Å². The van der Waals surface area contributed by atoms with Gasteiger partial charge in [0.1, 0.15) is 0 Å². The third kappa shape index (κ3) is 4.04. The predicted molar refractivity (Wildman–Crippen MR) is 123 cm³/mol. The van der Waals surface area contributed by atoms with E-state index in [1.807, 2.05) is 36.4 Å². The molecule has 1 atom stereocenters. The highest BCUT2D eigenvalue weighted by atomic mass is 32.2. The molecule has 0 spiro atoms. The zero-order chi connectivity index (χ0) is 22.3. The molecule has 5 rings (SSSR count). The van der Waals surface area contributed by atoms with Crippen molar-refractivity contribution in [1.29, 1.82) is 0 Å². The van der Waals surface area contributed by atoms with Crippen LogP contribution < -0.4 is 5.32 Å². The van der Waals surface area contributed by atoms with E-state index in [0.29, 0.717) is 18.0 Å². The first-order valence-electron chi connectivity index (χ1n) is 10.9. The lowest BCUT2D eigenvalue weighted by molar-refractivity contribution is -0.133.